The zero-order valence-electron chi connectivity index (χ0n) is 14.2. The van der Waals surface area contributed by atoms with Crippen LogP contribution >= 0.6 is 0 Å². The molecular formula is C18H28N4O. The molecule has 1 heterocycles. The van der Waals surface area contributed by atoms with E-state index in [-0.39, 0.29) is 0 Å². The van der Waals surface area contributed by atoms with Gasteiger partial charge in [-0.15, -0.1) is 0 Å². The highest BCUT2D eigenvalue weighted by molar-refractivity contribution is 5.80. The average Bonchev–Trinajstić information content (AvgIpc) is 2.51. The number of nitrogens with one attached hydrogen (secondary N) is 2. The maximum absolute atomic E-state index is 5.91. The minimum absolute atomic E-state index is 0.356. The Hall–Kier alpha value is -1.62. The Balaban J connectivity index is 1.47. The number of ether oxygens (including phenoxy) is 1. The molecule has 2 atom stereocenters. The van der Waals surface area contributed by atoms with Crippen LogP contribution in [0, 0.1) is 5.41 Å². The molecule has 0 aromatic carbocycles. The van der Waals surface area contributed by atoms with Gasteiger partial charge < -0.3 is 15.4 Å². The Labute approximate surface area is 138 Å². The number of pyridine rings is 1. The summed E-state index contributed by atoms with van der Waals surface area (Å²) in [5.74, 6) is 0.896. The van der Waals surface area contributed by atoms with Gasteiger partial charge in [0.05, 0.1) is 6.10 Å². The predicted octanol–water partition coefficient (Wildman–Crippen LogP) is 2.14. The highest BCUT2D eigenvalue weighted by Crippen LogP contribution is 2.57. The Morgan fingerprint density at radius 2 is 2.30 bits per heavy atom. The summed E-state index contributed by atoms with van der Waals surface area (Å²) < 4.78 is 5.91. The molecule has 0 aliphatic heterocycles. The van der Waals surface area contributed by atoms with Gasteiger partial charge in [-0.05, 0) is 38.3 Å². The van der Waals surface area contributed by atoms with Gasteiger partial charge in [-0.1, -0.05) is 12.5 Å². The topological polar surface area (TPSA) is 58.5 Å². The third kappa shape index (κ3) is 3.34. The van der Waals surface area contributed by atoms with Crippen LogP contribution in [0.1, 0.15) is 38.3 Å². The fourth-order valence-electron chi connectivity index (χ4n) is 3.86. The number of rotatable bonds is 6. The van der Waals surface area contributed by atoms with Crippen molar-refractivity contribution in [1.29, 1.82) is 0 Å². The van der Waals surface area contributed by atoms with Crippen molar-refractivity contribution in [2.75, 3.05) is 20.2 Å². The van der Waals surface area contributed by atoms with Gasteiger partial charge in [-0.25, -0.2) is 0 Å². The molecular weight excluding hydrogens is 288 g/mol. The monoisotopic (exact) mass is 316 g/mol. The van der Waals surface area contributed by atoms with E-state index in [2.05, 4.69) is 33.6 Å². The molecule has 1 aromatic rings. The normalized spacial score (nSPS) is 25.6. The smallest absolute Gasteiger partial charge is 0.191 e. The number of aromatic nitrogens is 1. The summed E-state index contributed by atoms with van der Waals surface area (Å²) in [7, 11) is 1.84. The van der Waals surface area contributed by atoms with Gasteiger partial charge in [0.25, 0.3) is 0 Å². The lowest BCUT2D eigenvalue weighted by atomic mass is 9.51. The molecule has 2 aliphatic carbocycles. The molecule has 2 unspecified atom stereocenters. The Kier molecular flexibility index (Phi) is 5.16. The quantitative estimate of drug-likeness (QED) is 0.623. The van der Waals surface area contributed by atoms with E-state index in [9.17, 15) is 0 Å². The first-order valence-electron chi connectivity index (χ1n) is 8.77. The molecule has 1 spiro atoms. The number of aliphatic imine (C=N–C) groups is 1. The largest absolute Gasteiger partial charge is 0.378 e. The highest BCUT2D eigenvalue weighted by Gasteiger charge is 2.59. The molecule has 2 aliphatic rings. The number of nitrogens with zero attached hydrogens (tertiary/aromatic N) is 2. The molecule has 0 saturated heterocycles. The van der Waals surface area contributed by atoms with Crippen molar-refractivity contribution < 1.29 is 4.74 Å². The second kappa shape index (κ2) is 7.30. The Morgan fingerprint density at radius 3 is 2.91 bits per heavy atom. The molecule has 2 saturated carbocycles. The van der Waals surface area contributed by atoms with Crippen LogP contribution in [0.25, 0.3) is 0 Å². The van der Waals surface area contributed by atoms with Gasteiger partial charge >= 0.3 is 0 Å². The van der Waals surface area contributed by atoms with Crippen LogP contribution in [0.4, 0.5) is 0 Å². The molecule has 2 fully saturated rings. The zero-order valence-corrected chi connectivity index (χ0v) is 14.2. The zero-order chi connectivity index (χ0) is 16.1. The molecule has 126 valence electrons. The molecule has 1 aromatic heterocycles. The van der Waals surface area contributed by atoms with Crippen molar-refractivity contribution in [3.05, 3.63) is 30.1 Å². The standard InChI is InChI=1S/C18H28N4O/c1-3-23-16-13-15(18(16)9-6-10-18)22-17(19-2)21-12-8-14-7-4-5-11-20-14/h4-5,7,11,15-16H,3,6,8-10,12-13H2,1-2H3,(H2,19,21,22). The molecule has 0 bridgehead atoms. The third-order valence-corrected chi connectivity index (χ3v) is 5.37. The van der Waals surface area contributed by atoms with Gasteiger partial charge in [-0.3, -0.25) is 9.98 Å². The van der Waals surface area contributed by atoms with Crippen LogP contribution in [0.5, 0.6) is 0 Å². The van der Waals surface area contributed by atoms with E-state index in [4.69, 9.17) is 4.74 Å². The van der Waals surface area contributed by atoms with Crippen molar-refractivity contribution in [1.82, 2.24) is 15.6 Å². The van der Waals surface area contributed by atoms with E-state index in [0.717, 1.165) is 37.6 Å². The van der Waals surface area contributed by atoms with E-state index >= 15 is 0 Å². The summed E-state index contributed by atoms with van der Waals surface area (Å²) in [6.45, 7) is 3.74. The summed E-state index contributed by atoms with van der Waals surface area (Å²) >= 11 is 0. The van der Waals surface area contributed by atoms with Gasteiger partial charge in [-0.2, -0.15) is 0 Å². The van der Waals surface area contributed by atoms with Crippen LogP contribution in [0.15, 0.2) is 29.4 Å². The average molecular weight is 316 g/mol. The number of guanidine groups is 1. The highest BCUT2D eigenvalue weighted by atomic mass is 16.5. The lowest BCUT2D eigenvalue weighted by molar-refractivity contribution is -0.168. The summed E-state index contributed by atoms with van der Waals surface area (Å²) in [5, 5.41) is 7.02. The number of hydrogen-bond acceptors (Lipinski definition) is 3. The van der Waals surface area contributed by atoms with Gasteiger partial charge in [0, 0.05) is 50.0 Å². The van der Waals surface area contributed by atoms with Gasteiger partial charge in [0.15, 0.2) is 5.96 Å². The third-order valence-electron chi connectivity index (χ3n) is 5.37. The van der Waals surface area contributed by atoms with Crippen LogP contribution < -0.4 is 10.6 Å². The molecule has 2 N–H and O–H groups in total. The van der Waals surface area contributed by atoms with E-state index in [1.165, 1.54) is 19.3 Å². The Morgan fingerprint density at radius 1 is 1.43 bits per heavy atom. The van der Waals surface area contributed by atoms with Crippen LogP contribution in [-0.4, -0.2) is 43.3 Å². The minimum atomic E-state index is 0.356. The molecule has 5 heteroatoms. The fraction of sp³-hybridized carbons (Fsp3) is 0.667. The van der Waals surface area contributed by atoms with Crippen molar-refractivity contribution in [2.24, 2.45) is 10.4 Å². The lowest BCUT2D eigenvalue weighted by Crippen LogP contribution is -2.68. The van der Waals surface area contributed by atoms with Crippen LogP contribution in [0.2, 0.25) is 0 Å². The molecule has 23 heavy (non-hydrogen) atoms. The summed E-state index contributed by atoms with van der Waals surface area (Å²) in [6.07, 6.45) is 8.15. The van der Waals surface area contributed by atoms with Crippen molar-refractivity contribution >= 4 is 5.96 Å². The fourth-order valence-corrected chi connectivity index (χ4v) is 3.86. The molecule has 0 radical (unpaired) electrons. The van der Waals surface area contributed by atoms with E-state index in [1.807, 2.05) is 25.4 Å². The summed E-state index contributed by atoms with van der Waals surface area (Å²) in [6, 6.07) is 6.52. The second-order valence-electron chi connectivity index (χ2n) is 6.53. The van der Waals surface area contributed by atoms with Gasteiger partial charge in [0.2, 0.25) is 0 Å². The van der Waals surface area contributed by atoms with E-state index in [0.29, 0.717) is 17.6 Å². The second-order valence-corrected chi connectivity index (χ2v) is 6.53. The first-order valence-corrected chi connectivity index (χ1v) is 8.77. The Bertz CT molecular complexity index is 527. The lowest BCUT2D eigenvalue weighted by Gasteiger charge is -2.61. The molecule has 3 rings (SSSR count). The van der Waals surface area contributed by atoms with E-state index in [1.54, 1.807) is 0 Å². The van der Waals surface area contributed by atoms with Crippen molar-refractivity contribution in [3.8, 4) is 0 Å². The van der Waals surface area contributed by atoms with Crippen LogP contribution in [-0.2, 0) is 11.2 Å². The van der Waals surface area contributed by atoms with Crippen molar-refractivity contribution in [3.63, 3.8) is 0 Å². The summed E-state index contributed by atoms with van der Waals surface area (Å²) in [5.41, 5.74) is 1.46. The predicted molar refractivity (Wildman–Crippen MR) is 92.5 cm³/mol. The van der Waals surface area contributed by atoms with Gasteiger partial charge in [0.1, 0.15) is 0 Å². The molecule has 5 nitrogen and oxygen atoms in total. The first-order chi connectivity index (χ1) is 11.3. The van der Waals surface area contributed by atoms with E-state index < -0.39 is 0 Å². The molecule has 0 amide bonds. The SMILES string of the molecule is CCOC1CC(NC(=NC)NCCc2ccccn2)C12CCC2. The maximum atomic E-state index is 5.91. The summed E-state index contributed by atoms with van der Waals surface area (Å²) in [4.78, 5) is 8.72. The maximum Gasteiger partial charge on any atom is 0.191 e. The van der Waals surface area contributed by atoms with Crippen molar-refractivity contribution in [2.45, 2.75) is 51.2 Å². The minimum Gasteiger partial charge on any atom is -0.378 e. The number of hydrogen-bond donors (Lipinski definition) is 2. The first kappa shape index (κ1) is 16.2. The van der Waals surface area contributed by atoms with Crippen LogP contribution in [0.3, 0.4) is 0 Å².